The number of fused-ring (bicyclic) bond motifs is 2. The molecule has 1 heterocycles. The van der Waals surface area contributed by atoms with Gasteiger partial charge in [-0.1, -0.05) is 31.1 Å². The molecule has 1 aliphatic carbocycles. The fourth-order valence-electron chi connectivity index (χ4n) is 4.40. The zero-order valence-electron chi connectivity index (χ0n) is 17.9. The first kappa shape index (κ1) is 20.8. The van der Waals surface area contributed by atoms with E-state index in [2.05, 4.69) is 36.2 Å². The van der Waals surface area contributed by atoms with Gasteiger partial charge in [-0.05, 0) is 85.5 Å². The lowest BCUT2D eigenvalue weighted by atomic mass is 9.85. The van der Waals surface area contributed by atoms with Gasteiger partial charge in [-0.25, -0.2) is 0 Å². The molecule has 0 radical (unpaired) electrons. The first-order valence-corrected chi connectivity index (χ1v) is 11.4. The molecule has 0 atom stereocenters. The van der Waals surface area contributed by atoms with E-state index in [1.54, 1.807) is 0 Å². The fourth-order valence-corrected chi connectivity index (χ4v) is 4.40. The summed E-state index contributed by atoms with van der Waals surface area (Å²) < 4.78 is 17.3. The van der Waals surface area contributed by atoms with E-state index in [9.17, 15) is 0 Å². The molecule has 4 rings (SSSR count). The number of unbranched alkanes of at least 4 members (excludes halogenated alkanes) is 3. The van der Waals surface area contributed by atoms with Crippen LogP contribution in [-0.4, -0.2) is 26.5 Å². The molecule has 0 aromatic heterocycles. The highest BCUT2D eigenvalue weighted by Crippen LogP contribution is 2.41. The van der Waals surface area contributed by atoms with Gasteiger partial charge in [-0.15, -0.1) is 6.58 Å². The monoisotopic (exact) mass is 407 g/mol. The van der Waals surface area contributed by atoms with E-state index in [0.29, 0.717) is 6.79 Å². The smallest absolute Gasteiger partial charge is 0.231 e. The largest absolute Gasteiger partial charge is 0.493 e. The van der Waals surface area contributed by atoms with Crippen molar-refractivity contribution >= 4 is 0 Å². The maximum absolute atomic E-state index is 6.24. The molecule has 2 aromatic carbocycles. The molecule has 2 aliphatic rings. The molecule has 1 aliphatic heterocycles. The molecule has 4 nitrogen and oxygen atoms in total. The number of hydrogen-bond donors (Lipinski definition) is 1. The van der Waals surface area contributed by atoms with E-state index in [0.717, 1.165) is 56.2 Å². The number of ether oxygens (including phenoxy) is 3. The second-order valence-electron chi connectivity index (χ2n) is 8.10. The lowest BCUT2D eigenvalue weighted by molar-refractivity contribution is 0.174. The minimum Gasteiger partial charge on any atom is -0.493 e. The Morgan fingerprint density at radius 3 is 2.67 bits per heavy atom. The number of benzene rings is 2. The van der Waals surface area contributed by atoms with E-state index < -0.39 is 0 Å². The topological polar surface area (TPSA) is 39.7 Å². The minimum atomic E-state index is 0.314. The van der Waals surface area contributed by atoms with Crippen LogP contribution in [0.4, 0.5) is 0 Å². The van der Waals surface area contributed by atoms with Crippen molar-refractivity contribution in [2.75, 3.05) is 26.5 Å². The van der Waals surface area contributed by atoms with Crippen molar-refractivity contribution in [1.29, 1.82) is 0 Å². The minimum absolute atomic E-state index is 0.314. The van der Waals surface area contributed by atoms with E-state index in [4.69, 9.17) is 14.2 Å². The van der Waals surface area contributed by atoms with Gasteiger partial charge in [-0.3, -0.25) is 0 Å². The van der Waals surface area contributed by atoms with E-state index in [1.807, 2.05) is 12.1 Å². The van der Waals surface area contributed by atoms with Gasteiger partial charge in [-0.2, -0.15) is 0 Å². The summed E-state index contributed by atoms with van der Waals surface area (Å²) in [4.78, 5) is 0. The van der Waals surface area contributed by atoms with Crippen LogP contribution in [0.15, 0.2) is 43.0 Å². The summed E-state index contributed by atoms with van der Waals surface area (Å²) in [5, 5.41) is 3.35. The molecule has 0 unspecified atom stereocenters. The molecule has 0 saturated heterocycles. The normalized spacial score (nSPS) is 14.4. The Morgan fingerprint density at radius 1 is 0.933 bits per heavy atom. The van der Waals surface area contributed by atoms with Crippen molar-refractivity contribution in [3.8, 4) is 28.4 Å². The van der Waals surface area contributed by atoms with Crippen LogP contribution in [0.5, 0.6) is 17.2 Å². The summed E-state index contributed by atoms with van der Waals surface area (Å²) in [7, 11) is 0. The van der Waals surface area contributed by atoms with Gasteiger partial charge in [0.2, 0.25) is 6.79 Å². The maximum atomic E-state index is 6.24. The summed E-state index contributed by atoms with van der Waals surface area (Å²) in [5.41, 5.74) is 5.37. The Labute approximate surface area is 180 Å². The predicted octanol–water partition coefficient (Wildman–Crippen LogP) is 5.68. The van der Waals surface area contributed by atoms with Crippen LogP contribution in [-0.2, 0) is 12.8 Å². The zero-order valence-corrected chi connectivity index (χ0v) is 17.9. The van der Waals surface area contributed by atoms with Gasteiger partial charge in [0.25, 0.3) is 0 Å². The second-order valence-corrected chi connectivity index (χ2v) is 8.10. The van der Waals surface area contributed by atoms with Crippen molar-refractivity contribution in [3.63, 3.8) is 0 Å². The van der Waals surface area contributed by atoms with E-state index in [1.165, 1.54) is 54.4 Å². The van der Waals surface area contributed by atoms with Crippen LogP contribution in [0, 0.1) is 0 Å². The van der Waals surface area contributed by atoms with E-state index in [-0.39, 0.29) is 0 Å². The Hall–Kier alpha value is -2.46. The highest BCUT2D eigenvalue weighted by Gasteiger charge is 2.21. The third-order valence-corrected chi connectivity index (χ3v) is 5.97. The van der Waals surface area contributed by atoms with Gasteiger partial charge < -0.3 is 19.5 Å². The standard InChI is InChI=1S/C26H33NO3/c1-2-15-27-16-7-3-4-8-17-28-24-14-12-21(22-9-5-6-10-23(22)24)20-11-13-25-26(18-20)30-19-29-25/h2,11-14,18,27H,1,3-10,15-17,19H2. The Bertz CT molecular complexity index is 862. The lowest BCUT2D eigenvalue weighted by Crippen LogP contribution is -2.14. The molecular weight excluding hydrogens is 374 g/mol. The van der Waals surface area contributed by atoms with Crippen LogP contribution >= 0.6 is 0 Å². The first-order valence-electron chi connectivity index (χ1n) is 11.4. The predicted molar refractivity (Wildman–Crippen MR) is 122 cm³/mol. The Balaban J connectivity index is 1.37. The molecule has 0 saturated carbocycles. The Morgan fingerprint density at radius 2 is 1.77 bits per heavy atom. The van der Waals surface area contributed by atoms with Crippen molar-refractivity contribution in [2.45, 2.75) is 51.4 Å². The summed E-state index contributed by atoms with van der Waals surface area (Å²) in [5.74, 6) is 2.77. The summed E-state index contributed by atoms with van der Waals surface area (Å²) >= 11 is 0. The average Bonchev–Trinajstić information content (AvgIpc) is 3.26. The average molecular weight is 408 g/mol. The van der Waals surface area contributed by atoms with Crippen LogP contribution in [0.1, 0.15) is 49.7 Å². The molecule has 0 bridgehead atoms. The summed E-state index contributed by atoms with van der Waals surface area (Å²) in [6.07, 6.45) is 11.4. The van der Waals surface area contributed by atoms with Gasteiger partial charge >= 0.3 is 0 Å². The van der Waals surface area contributed by atoms with Crippen LogP contribution < -0.4 is 19.5 Å². The van der Waals surface area contributed by atoms with Gasteiger partial charge in [0.05, 0.1) is 6.61 Å². The highest BCUT2D eigenvalue weighted by atomic mass is 16.7. The van der Waals surface area contributed by atoms with Crippen molar-refractivity contribution in [1.82, 2.24) is 5.32 Å². The molecule has 30 heavy (non-hydrogen) atoms. The van der Waals surface area contributed by atoms with Crippen molar-refractivity contribution in [3.05, 3.63) is 54.1 Å². The number of rotatable bonds is 11. The quantitative estimate of drug-likeness (QED) is 0.384. The molecule has 160 valence electrons. The molecular formula is C26H33NO3. The molecule has 0 amide bonds. The van der Waals surface area contributed by atoms with Crippen LogP contribution in [0.25, 0.3) is 11.1 Å². The van der Waals surface area contributed by atoms with Crippen molar-refractivity contribution in [2.24, 2.45) is 0 Å². The third-order valence-electron chi connectivity index (χ3n) is 5.97. The molecule has 1 N–H and O–H groups in total. The SMILES string of the molecule is C=CCNCCCCCCOc1ccc(-c2ccc3c(c2)OCO3)c2c1CCCC2. The Kier molecular flexibility index (Phi) is 7.30. The van der Waals surface area contributed by atoms with Gasteiger partial charge in [0.15, 0.2) is 11.5 Å². The van der Waals surface area contributed by atoms with Crippen LogP contribution in [0.2, 0.25) is 0 Å². The second kappa shape index (κ2) is 10.5. The van der Waals surface area contributed by atoms with Crippen molar-refractivity contribution < 1.29 is 14.2 Å². The fraction of sp³-hybridized carbons (Fsp3) is 0.462. The molecule has 0 spiro atoms. The summed E-state index contributed by atoms with van der Waals surface area (Å²) in [6.45, 7) is 6.81. The number of nitrogens with one attached hydrogen (secondary N) is 1. The highest BCUT2D eigenvalue weighted by molar-refractivity contribution is 5.73. The van der Waals surface area contributed by atoms with Crippen LogP contribution in [0.3, 0.4) is 0 Å². The summed E-state index contributed by atoms with van der Waals surface area (Å²) in [6, 6.07) is 10.7. The maximum Gasteiger partial charge on any atom is 0.231 e. The zero-order chi connectivity index (χ0) is 20.6. The van der Waals surface area contributed by atoms with E-state index >= 15 is 0 Å². The van der Waals surface area contributed by atoms with Gasteiger partial charge in [0.1, 0.15) is 5.75 Å². The third kappa shape index (κ3) is 4.99. The van der Waals surface area contributed by atoms with Gasteiger partial charge in [0, 0.05) is 6.54 Å². The lowest BCUT2D eigenvalue weighted by Gasteiger charge is -2.23. The molecule has 2 aromatic rings. The molecule has 4 heteroatoms. The first-order chi connectivity index (χ1) is 14.9. The molecule has 0 fully saturated rings. The number of hydrogen-bond acceptors (Lipinski definition) is 4.